The van der Waals surface area contributed by atoms with E-state index in [1.54, 1.807) is 6.20 Å². The maximum Gasteiger partial charge on any atom is 0.0792 e. The zero-order valence-electron chi connectivity index (χ0n) is 9.39. The van der Waals surface area contributed by atoms with Crippen LogP contribution in [0.1, 0.15) is 18.4 Å². The number of rotatable bonds is 5. The SMILES string of the molecule is C#CCN(CC1CC1)c1cnccc1CN. The van der Waals surface area contributed by atoms with Crippen LogP contribution in [0.15, 0.2) is 18.5 Å². The van der Waals surface area contributed by atoms with Gasteiger partial charge in [-0.2, -0.15) is 0 Å². The lowest BCUT2D eigenvalue weighted by Crippen LogP contribution is -2.27. The Bertz CT molecular complexity index is 390. The van der Waals surface area contributed by atoms with Crippen molar-refractivity contribution in [3.8, 4) is 12.3 Å². The van der Waals surface area contributed by atoms with Crippen molar-refractivity contribution in [1.82, 2.24) is 4.98 Å². The second kappa shape index (κ2) is 5.00. The second-order valence-electron chi connectivity index (χ2n) is 4.24. The molecule has 1 saturated carbocycles. The van der Waals surface area contributed by atoms with Crippen molar-refractivity contribution in [3.05, 3.63) is 24.0 Å². The van der Waals surface area contributed by atoms with E-state index < -0.39 is 0 Å². The van der Waals surface area contributed by atoms with E-state index in [4.69, 9.17) is 12.2 Å². The fraction of sp³-hybridized carbons (Fsp3) is 0.462. The highest BCUT2D eigenvalue weighted by Crippen LogP contribution is 2.31. The Morgan fingerprint density at radius 1 is 1.56 bits per heavy atom. The molecule has 2 N–H and O–H groups in total. The number of pyridine rings is 1. The van der Waals surface area contributed by atoms with Crippen molar-refractivity contribution in [2.45, 2.75) is 19.4 Å². The van der Waals surface area contributed by atoms with Crippen LogP contribution < -0.4 is 10.6 Å². The molecule has 1 aromatic heterocycles. The smallest absolute Gasteiger partial charge is 0.0792 e. The fourth-order valence-electron chi connectivity index (χ4n) is 1.84. The van der Waals surface area contributed by atoms with E-state index in [9.17, 15) is 0 Å². The molecule has 1 aromatic rings. The number of nitrogens with two attached hydrogens (primary N) is 1. The monoisotopic (exact) mass is 215 g/mol. The summed E-state index contributed by atoms with van der Waals surface area (Å²) < 4.78 is 0. The predicted molar refractivity (Wildman–Crippen MR) is 65.9 cm³/mol. The van der Waals surface area contributed by atoms with Crippen LogP contribution in [-0.2, 0) is 6.54 Å². The molecule has 0 spiro atoms. The second-order valence-corrected chi connectivity index (χ2v) is 4.24. The van der Waals surface area contributed by atoms with Gasteiger partial charge < -0.3 is 10.6 Å². The third kappa shape index (κ3) is 2.53. The van der Waals surface area contributed by atoms with Gasteiger partial charge in [-0.15, -0.1) is 6.42 Å². The Morgan fingerprint density at radius 2 is 2.38 bits per heavy atom. The molecule has 84 valence electrons. The summed E-state index contributed by atoms with van der Waals surface area (Å²) in [5, 5.41) is 0. The average Bonchev–Trinajstić information content (AvgIpc) is 3.12. The van der Waals surface area contributed by atoms with Gasteiger partial charge >= 0.3 is 0 Å². The van der Waals surface area contributed by atoms with Crippen molar-refractivity contribution >= 4 is 5.69 Å². The minimum absolute atomic E-state index is 0.531. The first-order valence-electron chi connectivity index (χ1n) is 5.66. The van der Waals surface area contributed by atoms with Gasteiger partial charge in [-0.25, -0.2) is 0 Å². The highest BCUT2D eigenvalue weighted by molar-refractivity contribution is 5.52. The molecule has 16 heavy (non-hydrogen) atoms. The molecular formula is C13H17N3. The molecule has 3 heteroatoms. The van der Waals surface area contributed by atoms with E-state index in [-0.39, 0.29) is 0 Å². The summed E-state index contributed by atoms with van der Waals surface area (Å²) >= 11 is 0. The fourth-order valence-corrected chi connectivity index (χ4v) is 1.84. The number of aromatic nitrogens is 1. The Kier molecular flexibility index (Phi) is 3.43. The van der Waals surface area contributed by atoms with Crippen LogP contribution in [-0.4, -0.2) is 18.1 Å². The van der Waals surface area contributed by atoms with Gasteiger partial charge in [0.1, 0.15) is 0 Å². The van der Waals surface area contributed by atoms with Crippen molar-refractivity contribution < 1.29 is 0 Å². The molecule has 1 fully saturated rings. The maximum absolute atomic E-state index is 5.72. The van der Waals surface area contributed by atoms with Crippen LogP contribution in [0.5, 0.6) is 0 Å². The zero-order valence-corrected chi connectivity index (χ0v) is 9.39. The molecule has 0 saturated heterocycles. The largest absolute Gasteiger partial charge is 0.359 e. The van der Waals surface area contributed by atoms with E-state index in [0.717, 1.165) is 23.7 Å². The van der Waals surface area contributed by atoms with Gasteiger partial charge in [0.25, 0.3) is 0 Å². The Morgan fingerprint density at radius 3 is 3.00 bits per heavy atom. The van der Waals surface area contributed by atoms with E-state index in [2.05, 4.69) is 15.8 Å². The summed E-state index contributed by atoms with van der Waals surface area (Å²) in [5.74, 6) is 3.51. The first-order valence-corrected chi connectivity index (χ1v) is 5.66. The standard InChI is InChI=1S/C13H17N3/c1-2-7-16(10-11-3-4-11)13-9-15-6-5-12(13)8-14/h1,5-6,9,11H,3-4,7-8,10,14H2. The van der Waals surface area contributed by atoms with Gasteiger partial charge in [0.05, 0.1) is 18.4 Å². The maximum atomic E-state index is 5.72. The van der Waals surface area contributed by atoms with Crippen molar-refractivity contribution in [2.75, 3.05) is 18.0 Å². The molecule has 0 amide bonds. The topological polar surface area (TPSA) is 42.2 Å². The van der Waals surface area contributed by atoms with Crippen molar-refractivity contribution in [1.29, 1.82) is 0 Å². The third-order valence-corrected chi connectivity index (χ3v) is 2.91. The van der Waals surface area contributed by atoms with E-state index in [0.29, 0.717) is 13.1 Å². The summed E-state index contributed by atoms with van der Waals surface area (Å²) in [7, 11) is 0. The summed E-state index contributed by atoms with van der Waals surface area (Å²) in [6.07, 6.45) is 11.7. The van der Waals surface area contributed by atoms with Crippen LogP contribution in [0, 0.1) is 18.3 Å². The average molecular weight is 215 g/mol. The van der Waals surface area contributed by atoms with Gasteiger partial charge in [0, 0.05) is 19.3 Å². The molecule has 0 radical (unpaired) electrons. The summed E-state index contributed by atoms with van der Waals surface area (Å²) in [4.78, 5) is 6.37. The minimum Gasteiger partial charge on any atom is -0.359 e. The molecule has 2 rings (SSSR count). The quantitative estimate of drug-likeness (QED) is 0.755. The Hall–Kier alpha value is -1.53. The molecule has 0 aliphatic heterocycles. The molecular weight excluding hydrogens is 198 g/mol. The number of hydrogen-bond acceptors (Lipinski definition) is 3. The van der Waals surface area contributed by atoms with Gasteiger partial charge in [-0.1, -0.05) is 5.92 Å². The van der Waals surface area contributed by atoms with Gasteiger partial charge in [0.2, 0.25) is 0 Å². The van der Waals surface area contributed by atoms with Crippen LogP contribution in [0.2, 0.25) is 0 Å². The molecule has 0 aromatic carbocycles. The molecule has 0 unspecified atom stereocenters. The van der Waals surface area contributed by atoms with Crippen LogP contribution in [0.4, 0.5) is 5.69 Å². The van der Waals surface area contributed by atoms with Crippen LogP contribution >= 0.6 is 0 Å². The predicted octanol–water partition coefficient (Wildman–Crippen LogP) is 1.39. The van der Waals surface area contributed by atoms with Gasteiger partial charge in [-0.05, 0) is 30.4 Å². The first kappa shape index (κ1) is 11.0. The zero-order chi connectivity index (χ0) is 11.4. The minimum atomic E-state index is 0.531. The number of anilines is 1. The van der Waals surface area contributed by atoms with Crippen molar-refractivity contribution in [3.63, 3.8) is 0 Å². The summed E-state index contributed by atoms with van der Waals surface area (Å²) in [6, 6.07) is 1.96. The summed E-state index contributed by atoms with van der Waals surface area (Å²) in [5.41, 5.74) is 7.93. The number of nitrogens with zero attached hydrogens (tertiary/aromatic N) is 2. The van der Waals surface area contributed by atoms with E-state index in [1.165, 1.54) is 12.8 Å². The van der Waals surface area contributed by atoms with Crippen LogP contribution in [0.25, 0.3) is 0 Å². The van der Waals surface area contributed by atoms with Gasteiger partial charge in [0.15, 0.2) is 0 Å². The Labute approximate surface area is 96.7 Å². The molecule has 0 bridgehead atoms. The third-order valence-electron chi connectivity index (χ3n) is 2.91. The summed E-state index contributed by atoms with van der Waals surface area (Å²) in [6.45, 7) is 2.20. The van der Waals surface area contributed by atoms with Gasteiger partial charge in [-0.3, -0.25) is 4.98 Å². The molecule has 1 heterocycles. The number of terminal acetylenes is 1. The van der Waals surface area contributed by atoms with E-state index in [1.807, 2.05) is 12.3 Å². The molecule has 1 aliphatic carbocycles. The van der Waals surface area contributed by atoms with E-state index >= 15 is 0 Å². The lowest BCUT2D eigenvalue weighted by molar-refractivity contribution is 0.758. The highest BCUT2D eigenvalue weighted by atomic mass is 15.1. The molecule has 1 aliphatic rings. The van der Waals surface area contributed by atoms with Crippen LogP contribution in [0.3, 0.4) is 0 Å². The molecule has 0 atom stereocenters. The lowest BCUT2D eigenvalue weighted by Gasteiger charge is -2.24. The lowest BCUT2D eigenvalue weighted by atomic mass is 10.2. The highest BCUT2D eigenvalue weighted by Gasteiger charge is 2.24. The normalized spacial score (nSPS) is 14.5. The Balaban J connectivity index is 2.18. The molecule has 3 nitrogen and oxygen atoms in total. The first-order chi connectivity index (χ1) is 7.85. The van der Waals surface area contributed by atoms with Crippen molar-refractivity contribution in [2.24, 2.45) is 11.7 Å². The number of hydrogen-bond donors (Lipinski definition) is 1.